The Morgan fingerprint density at radius 3 is 1.61 bits per heavy atom. The quantitative estimate of drug-likeness (QED) is 0.628. The normalized spacial score (nSPS) is 21.9. The molecule has 0 bridgehead atoms. The molecular formula is C18H28. The minimum atomic E-state index is 0.285. The molecule has 2 rings (SSSR count). The molecular weight excluding hydrogens is 216 g/mol. The highest BCUT2D eigenvalue weighted by Crippen LogP contribution is 2.56. The van der Waals surface area contributed by atoms with Crippen molar-refractivity contribution in [2.45, 2.75) is 65.7 Å². The van der Waals surface area contributed by atoms with Crippen molar-refractivity contribution in [1.29, 1.82) is 0 Å². The minimum Gasteiger partial charge on any atom is -0.0620 e. The molecule has 1 aromatic carbocycles. The van der Waals surface area contributed by atoms with Gasteiger partial charge in [0.15, 0.2) is 0 Å². The third-order valence-corrected chi connectivity index (χ3v) is 4.87. The first kappa shape index (κ1) is 13.6. The predicted molar refractivity (Wildman–Crippen MR) is 80.1 cm³/mol. The van der Waals surface area contributed by atoms with Crippen LogP contribution in [0.5, 0.6) is 0 Å². The van der Waals surface area contributed by atoms with E-state index >= 15 is 0 Å². The van der Waals surface area contributed by atoms with E-state index in [1.807, 2.05) is 0 Å². The summed E-state index contributed by atoms with van der Waals surface area (Å²) in [5.41, 5.74) is 4.08. The van der Waals surface area contributed by atoms with Crippen LogP contribution in [0.4, 0.5) is 0 Å². The van der Waals surface area contributed by atoms with Gasteiger partial charge in [-0.15, -0.1) is 0 Å². The van der Waals surface area contributed by atoms with Crippen molar-refractivity contribution < 1.29 is 0 Å². The second kappa shape index (κ2) is 3.85. The van der Waals surface area contributed by atoms with Gasteiger partial charge in [-0.1, -0.05) is 72.7 Å². The lowest BCUT2D eigenvalue weighted by molar-refractivity contribution is 0.160. The molecule has 0 amide bonds. The highest BCUT2D eigenvalue weighted by atomic mass is 14.5. The first-order chi connectivity index (χ1) is 8.07. The van der Waals surface area contributed by atoms with Crippen molar-refractivity contribution in [3.05, 3.63) is 35.4 Å². The monoisotopic (exact) mass is 244 g/mol. The Labute approximate surface area is 113 Å². The lowest BCUT2D eigenvalue weighted by atomic mass is 9.64. The van der Waals surface area contributed by atoms with Crippen LogP contribution in [-0.2, 0) is 10.8 Å². The molecule has 0 atom stereocenters. The highest BCUT2D eigenvalue weighted by Gasteiger charge is 2.51. The van der Waals surface area contributed by atoms with Crippen LogP contribution in [0.1, 0.15) is 66.0 Å². The Kier molecular flexibility index (Phi) is 2.92. The van der Waals surface area contributed by atoms with Gasteiger partial charge in [0.05, 0.1) is 0 Å². The molecule has 1 aliphatic rings. The molecule has 1 aromatic rings. The van der Waals surface area contributed by atoms with Crippen LogP contribution in [0.25, 0.3) is 0 Å². The molecule has 0 radical (unpaired) electrons. The van der Waals surface area contributed by atoms with Crippen LogP contribution in [-0.4, -0.2) is 0 Å². The van der Waals surface area contributed by atoms with Crippen molar-refractivity contribution in [1.82, 2.24) is 0 Å². The number of benzene rings is 1. The summed E-state index contributed by atoms with van der Waals surface area (Å²) in [5.74, 6) is 0.711. The highest BCUT2D eigenvalue weighted by molar-refractivity contribution is 5.46. The number of hydrogen-bond donors (Lipinski definition) is 0. The third-order valence-electron chi connectivity index (χ3n) is 4.87. The molecule has 0 nitrogen and oxygen atoms in total. The van der Waals surface area contributed by atoms with Gasteiger partial charge in [0, 0.05) is 0 Å². The van der Waals surface area contributed by atoms with Gasteiger partial charge in [-0.2, -0.15) is 0 Å². The second-order valence-electron chi connectivity index (χ2n) is 8.31. The summed E-state index contributed by atoms with van der Waals surface area (Å²) >= 11 is 0. The van der Waals surface area contributed by atoms with Gasteiger partial charge in [-0.05, 0) is 39.7 Å². The zero-order valence-corrected chi connectivity index (χ0v) is 13.1. The zero-order chi connectivity index (χ0) is 13.8. The number of fused-ring (bicyclic) bond motifs is 1. The molecule has 100 valence electrons. The SMILES string of the molecule is CC(C)(C)CC1C(C)(C)c2ccccc2C1(C)C. The van der Waals surface area contributed by atoms with E-state index in [0.29, 0.717) is 11.3 Å². The maximum absolute atomic E-state index is 2.43. The van der Waals surface area contributed by atoms with Gasteiger partial charge in [-0.3, -0.25) is 0 Å². The largest absolute Gasteiger partial charge is 0.0620 e. The van der Waals surface area contributed by atoms with E-state index in [-0.39, 0.29) is 10.8 Å². The van der Waals surface area contributed by atoms with Gasteiger partial charge in [0.25, 0.3) is 0 Å². The van der Waals surface area contributed by atoms with Gasteiger partial charge in [-0.25, -0.2) is 0 Å². The molecule has 0 spiro atoms. The third kappa shape index (κ3) is 2.00. The van der Waals surface area contributed by atoms with Crippen LogP contribution in [0.2, 0.25) is 0 Å². The smallest absolute Gasteiger partial charge is 0.00639 e. The predicted octanol–water partition coefficient (Wildman–Crippen LogP) is 5.31. The second-order valence-corrected chi connectivity index (χ2v) is 8.31. The summed E-state index contributed by atoms with van der Waals surface area (Å²) in [6, 6.07) is 9.05. The van der Waals surface area contributed by atoms with E-state index in [1.165, 1.54) is 6.42 Å². The topological polar surface area (TPSA) is 0 Å². The number of rotatable bonds is 1. The van der Waals surface area contributed by atoms with E-state index in [9.17, 15) is 0 Å². The van der Waals surface area contributed by atoms with Crippen LogP contribution < -0.4 is 0 Å². The molecule has 0 saturated heterocycles. The molecule has 0 aromatic heterocycles. The van der Waals surface area contributed by atoms with Crippen molar-refractivity contribution in [2.24, 2.45) is 11.3 Å². The average Bonchev–Trinajstić information content (AvgIpc) is 2.37. The Balaban J connectivity index is 2.52. The first-order valence-corrected chi connectivity index (χ1v) is 7.17. The molecule has 0 unspecified atom stereocenters. The Hall–Kier alpha value is -0.780. The lowest BCUT2D eigenvalue weighted by Crippen LogP contribution is -2.36. The van der Waals surface area contributed by atoms with Gasteiger partial charge in [0.2, 0.25) is 0 Å². The van der Waals surface area contributed by atoms with Gasteiger partial charge < -0.3 is 0 Å². The maximum Gasteiger partial charge on any atom is -0.00639 e. The summed E-state index contributed by atoms with van der Waals surface area (Å²) in [6.07, 6.45) is 1.28. The first-order valence-electron chi connectivity index (χ1n) is 7.17. The van der Waals surface area contributed by atoms with Crippen molar-refractivity contribution in [3.8, 4) is 0 Å². The van der Waals surface area contributed by atoms with Crippen molar-refractivity contribution >= 4 is 0 Å². The maximum atomic E-state index is 2.43. The van der Waals surface area contributed by atoms with Crippen LogP contribution in [0, 0.1) is 11.3 Å². The molecule has 0 aliphatic heterocycles. The fraction of sp³-hybridized carbons (Fsp3) is 0.667. The summed E-state index contributed by atoms with van der Waals surface area (Å²) < 4.78 is 0. The molecule has 1 aliphatic carbocycles. The Morgan fingerprint density at radius 1 is 0.889 bits per heavy atom. The van der Waals surface area contributed by atoms with Crippen molar-refractivity contribution in [3.63, 3.8) is 0 Å². The number of hydrogen-bond acceptors (Lipinski definition) is 0. The molecule has 0 fully saturated rings. The van der Waals surface area contributed by atoms with E-state index in [1.54, 1.807) is 11.1 Å². The molecule has 0 heterocycles. The van der Waals surface area contributed by atoms with E-state index in [4.69, 9.17) is 0 Å². The van der Waals surface area contributed by atoms with Gasteiger partial charge in [0.1, 0.15) is 0 Å². The molecule has 0 N–H and O–H groups in total. The van der Waals surface area contributed by atoms with E-state index in [0.717, 1.165) is 0 Å². The summed E-state index contributed by atoms with van der Waals surface area (Å²) in [4.78, 5) is 0. The fourth-order valence-corrected chi connectivity index (χ4v) is 4.01. The Morgan fingerprint density at radius 2 is 1.28 bits per heavy atom. The summed E-state index contributed by atoms with van der Waals surface area (Å²) in [7, 11) is 0. The standard InChI is InChI=1S/C18H28/c1-16(2,3)12-15-17(4,5)13-10-8-9-11-14(13)18(15,6)7/h8-11,15H,12H2,1-7H3. The average molecular weight is 244 g/mol. The van der Waals surface area contributed by atoms with Crippen LogP contribution in [0.3, 0.4) is 0 Å². The van der Waals surface area contributed by atoms with Gasteiger partial charge >= 0.3 is 0 Å². The zero-order valence-electron chi connectivity index (χ0n) is 13.1. The fourth-order valence-electron chi connectivity index (χ4n) is 4.01. The van der Waals surface area contributed by atoms with Crippen LogP contribution >= 0.6 is 0 Å². The minimum absolute atomic E-state index is 0.285. The van der Waals surface area contributed by atoms with E-state index in [2.05, 4.69) is 72.7 Å². The molecule has 0 saturated carbocycles. The van der Waals surface area contributed by atoms with E-state index < -0.39 is 0 Å². The summed E-state index contributed by atoms with van der Waals surface area (Å²) in [6.45, 7) is 16.8. The Bertz CT molecular complexity index is 408. The molecule has 18 heavy (non-hydrogen) atoms. The molecule has 0 heteroatoms. The lowest BCUT2D eigenvalue weighted by Gasteiger charge is -2.40. The van der Waals surface area contributed by atoms with Crippen molar-refractivity contribution in [2.75, 3.05) is 0 Å². The summed E-state index contributed by atoms with van der Waals surface area (Å²) in [5, 5.41) is 0. The van der Waals surface area contributed by atoms with Crippen LogP contribution in [0.15, 0.2) is 24.3 Å².